The Kier molecular flexibility index (Phi) is 3.72. The van der Waals surface area contributed by atoms with Crippen molar-refractivity contribution < 1.29 is 0 Å². The van der Waals surface area contributed by atoms with Crippen LogP contribution in [0.15, 0.2) is 24.3 Å². The Morgan fingerprint density at radius 1 is 1.19 bits per heavy atom. The molecule has 110 valence electrons. The molecule has 0 atom stereocenters. The van der Waals surface area contributed by atoms with E-state index in [0.717, 1.165) is 41.2 Å². The number of aryl methyl sites for hydroxylation is 3. The van der Waals surface area contributed by atoms with Crippen molar-refractivity contribution in [3.05, 3.63) is 41.3 Å². The molecule has 2 aromatic heterocycles. The van der Waals surface area contributed by atoms with Gasteiger partial charge in [-0.25, -0.2) is 9.67 Å². The maximum Gasteiger partial charge on any atom is 0.163 e. The van der Waals surface area contributed by atoms with E-state index >= 15 is 0 Å². The molecule has 0 aliphatic carbocycles. The molecule has 4 nitrogen and oxygen atoms in total. The van der Waals surface area contributed by atoms with E-state index in [0.29, 0.717) is 5.88 Å². The fraction of sp³-hybridized carbons (Fsp3) is 0.375. The molecular weight excluding hydrogens is 284 g/mol. The van der Waals surface area contributed by atoms with Crippen molar-refractivity contribution in [3.63, 3.8) is 0 Å². The van der Waals surface area contributed by atoms with Gasteiger partial charge in [-0.1, -0.05) is 26.0 Å². The van der Waals surface area contributed by atoms with E-state index in [4.69, 9.17) is 16.6 Å². The molecule has 0 amide bonds. The van der Waals surface area contributed by atoms with Crippen LogP contribution in [0.1, 0.15) is 30.9 Å². The van der Waals surface area contributed by atoms with Gasteiger partial charge in [0.25, 0.3) is 0 Å². The molecule has 0 N–H and O–H groups in total. The van der Waals surface area contributed by atoms with Crippen LogP contribution in [0.3, 0.4) is 0 Å². The van der Waals surface area contributed by atoms with Crippen molar-refractivity contribution in [1.29, 1.82) is 0 Å². The van der Waals surface area contributed by atoms with Gasteiger partial charge in [-0.2, -0.15) is 5.10 Å². The first-order chi connectivity index (χ1) is 10.2. The summed E-state index contributed by atoms with van der Waals surface area (Å²) in [6.07, 6.45) is 1.87. The lowest BCUT2D eigenvalue weighted by Crippen LogP contribution is -2.04. The normalized spacial score (nSPS) is 11.4. The molecule has 2 heterocycles. The van der Waals surface area contributed by atoms with Crippen LogP contribution in [0.4, 0.5) is 0 Å². The number of alkyl halides is 1. The van der Waals surface area contributed by atoms with Crippen molar-refractivity contribution in [1.82, 2.24) is 19.3 Å². The summed E-state index contributed by atoms with van der Waals surface area (Å²) in [5.41, 5.74) is 5.38. The molecular formula is C16H19ClN4. The Labute approximate surface area is 129 Å². The van der Waals surface area contributed by atoms with Crippen molar-refractivity contribution in [2.75, 3.05) is 0 Å². The van der Waals surface area contributed by atoms with Gasteiger partial charge >= 0.3 is 0 Å². The van der Waals surface area contributed by atoms with Crippen LogP contribution >= 0.6 is 11.6 Å². The third kappa shape index (κ3) is 2.23. The third-order valence-corrected chi connectivity index (χ3v) is 4.04. The van der Waals surface area contributed by atoms with Crippen molar-refractivity contribution in [3.8, 4) is 5.69 Å². The topological polar surface area (TPSA) is 35.6 Å². The van der Waals surface area contributed by atoms with Crippen molar-refractivity contribution in [2.45, 2.75) is 32.6 Å². The maximum absolute atomic E-state index is 6.12. The summed E-state index contributed by atoms with van der Waals surface area (Å²) in [4.78, 5) is 4.70. The Balaban J connectivity index is 2.31. The number of hydrogen-bond donors (Lipinski definition) is 0. The molecule has 0 saturated heterocycles. The summed E-state index contributed by atoms with van der Waals surface area (Å²) in [6, 6.07) is 8.50. The molecule has 3 rings (SSSR count). The monoisotopic (exact) mass is 302 g/mol. The van der Waals surface area contributed by atoms with Gasteiger partial charge in [0.05, 0.1) is 11.6 Å². The van der Waals surface area contributed by atoms with Crippen LogP contribution in [0.2, 0.25) is 0 Å². The van der Waals surface area contributed by atoms with Crippen LogP contribution in [0.25, 0.3) is 16.9 Å². The summed E-state index contributed by atoms with van der Waals surface area (Å²) in [6.45, 7) is 4.25. The fourth-order valence-corrected chi connectivity index (χ4v) is 2.92. The van der Waals surface area contributed by atoms with Gasteiger partial charge in [0.15, 0.2) is 5.65 Å². The number of hydrogen-bond acceptors (Lipinski definition) is 2. The van der Waals surface area contributed by atoms with Gasteiger partial charge in [-0.15, -0.1) is 11.6 Å². The van der Waals surface area contributed by atoms with Gasteiger partial charge in [-0.3, -0.25) is 4.57 Å². The van der Waals surface area contributed by atoms with Gasteiger partial charge in [-0.05, 0) is 30.5 Å². The largest absolute Gasteiger partial charge is 0.280 e. The zero-order chi connectivity index (χ0) is 15.0. The van der Waals surface area contributed by atoms with Crippen LogP contribution in [0.5, 0.6) is 0 Å². The van der Waals surface area contributed by atoms with E-state index in [1.807, 2.05) is 11.7 Å². The summed E-state index contributed by atoms with van der Waals surface area (Å²) >= 11 is 6.12. The van der Waals surface area contributed by atoms with Crippen molar-refractivity contribution >= 4 is 22.8 Å². The summed E-state index contributed by atoms with van der Waals surface area (Å²) < 4.78 is 4.02. The summed E-state index contributed by atoms with van der Waals surface area (Å²) in [5, 5.41) is 4.56. The zero-order valence-corrected chi connectivity index (χ0v) is 13.4. The van der Waals surface area contributed by atoms with E-state index < -0.39 is 0 Å². The Hall–Kier alpha value is -1.81. The van der Waals surface area contributed by atoms with Crippen LogP contribution in [-0.2, 0) is 25.8 Å². The number of halogens is 1. The molecule has 3 aromatic rings. The van der Waals surface area contributed by atoms with E-state index in [2.05, 4.69) is 47.8 Å². The quantitative estimate of drug-likeness (QED) is 0.690. The Bertz CT molecular complexity index is 785. The number of fused-ring (bicyclic) bond motifs is 1. The molecule has 0 unspecified atom stereocenters. The zero-order valence-electron chi connectivity index (χ0n) is 12.6. The molecule has 0 spiro atoms. The highest BCUT2D eigenvalue weighted by atomic mass is 35.5. The average molecular weight is 303 g/mol. The van der Waals surface area contributed by atoms with E-state index in [1.165, 1.54) is 5.56 Å². The second-order valence-electron chi connectivity index (χ2n) is 5.12. The van der Waals surface area contributed by atoms with E-state index in [-0.39, 0.29) is 0 Å². The highest BCUT2D eigenvalue weighted by Gasteiger charge is 2.19. The Morgan fingerprint density at radius 3 is 2.67 bits per heavy atom. The molecule has 0 fully saturated rings. The maximum atomic E-state index is 6.12. The van der Waals surface area contributed by atoms with Gasteiger partial charge in [0.2, 0.25) is 0 Å². The highest BCUT2D eigenvalue weighted by Crippen LogP contribution is 2.25. The van der Waals surface area contributed by atoms with Crippen molar-refractivity contribution in [2.24, 2.45) is 7.05 Å². The lowest BCUT2D eigenvalue weighted by Gasteiger charge is -2.09. The van der Waals surface area contributed by atoms with Gasteiger partial charge < -0.3 is 0 Å². The lowest BCUT2D eigenvalue weighted by atomic mass is 10.1. The molecule has 0 aliphatic rings. The molecule has 1 aromatic carbocycles. The second-order valence-corrected chi connectivity index (χ2v) is 5.38. The predicted molar refractivity (Wildman–Crippen MR) is 86.1 cm³/mol. The molecule has 21 heavy (non-hydrogen) atoms. The number of nitrogens with zero attached hydrogens (tertiary/aromatic N) is 4. The minimum atomic E-state index is 0.383. The SMILES string of the molecule is CCc1cccc(-n2c(CCl)nc3c(CC)nn(C)c32)c1. The first-order valence-electron chi connectivity index (χ1n) is 7.28. The molecule has 0 bridgehead atoms. The molecule has 5 heteroatoms. The lowest BCUT2D eigenvalue weighted by molar-refractivity contribution is 0.744. The van der Waals surface area contributed by atoms with E-state index in [1.54, 1.807) is 0 Å². The summed E-state index contributed by atoms with van der Waals surface area (Å²) in [7, 11) is 1.96. The minimum Gasteiger partial charge on any atom is -0.280 e. The fourth-order valence-electron chi connectivity index (χ4n) is 2.74. The number of rotatable bonds is 4. The minimum absolute atomic E-state index is 0.383. The third-order valence-electron chi connectivity index (χ3n) is 3.80. The molecule has 0 aliphatic heterocycles. The van der Waals surface area contributed by atoms with E-state index in [9.17, 15) is 0 Å². The van der Waals surface area contributed by atoms with Gasteiger partial charge in [0.1, 0.15) is 11.3 Å². The summed E-state index contributed by atoms with van der Waals surface area (Å²) in [5.74, 6) is 1.25. The average Bonchev–Trinajstić information content (AvgIpc) is 3.04. The second kappa shape index (κ2) is 5.53. The first kappa shape index (κ1) is 14.1. The Morgan fingerprint density at radius 2 is 2.00 bits per heavy atom. The number of benzene rings is 1. The number of imidazole rings is 1. The standard InChI is InChI=1S/C16H19ClN4/c1-4-11-7-6-8-12(9-11)21-14(10-17)18-15-13(5-2)19-20(3)16(15)21/h6-9H,4-5,10H2,1-3H3. The molecule has 0 radical (unpaired) electrons. The van der Waals surface area contributed by atoms with Crippen LogP contribution in [0, 0.1) is 0 Å². The highest BCUT2D eigenvalue weighted by molar-refractivity contribution is 6.17. The first-order valence-corrected chi connectivity index (χ1v) is 7.81. The number of aromatic nitrogens is 4. The van der Waals surface area contributed by atoms with Gasteiger partial charge in [0, 0.05) is 12.7 Å². The predicted octanol–water partition coefficient (Wildman–Crippen LogP) is 3.62. The molecule has 0 saturated carbocycles. The van der Waals surface area contributed by atoms with Crippen LogP contribution in [-0.4, -0.2) is 19.3 Å². The smallest absolute Gasteiger partial charge is 0.163 e. The van der Waals surface area contributed by atoms with Crippen LogP contribution < -0.4 is 0 Å².